The summed E-state index contributed by atoms with van der Waals surface area (Å²) in [6, 6.07) is 0. The SMILES string of the molecule is SS.[Co].[Fe]. The Kier molecular flexibility index (Phi) is 94.8. The Morgan fingerprint density at radius 3 is 1.00 bits per heavy atom. The van der Waals surface area contributed by atoms with E-state index in [0.29, 0.717) is 0 Å². The van der Waals surface area contributed by atoms with Crippen LogP contribution in [0.15, 0.2) is 0 Å². The van der Waals surface area contributed by atoms with Gasteiger partial charge in [0, 0.05) is 33.8 Å². The quantitative estimate of drug-likeness (QED) is 0.307. The molecule has 1 radical (unpaired) electrons. The van der Waals surface area contributed by atoms with Crippen molar-refractivity contribution in [2.24, 2.45) is 0 Å². The van der Waals surface area contributed by atoms with E-state index < -0.39 is 0 Å². The second kappa shape index (κ2) is 22.0. The number of hydrogen-bond acceptors (Lipinski definition) is 2. The molecule has 0 atom stereocenters. The van der Waals surface area contributed by atoms with E-state index in [4.69, 9.17) is 0 Å². The van der Waals surface area contributed by atoms with Crippen LogP contribution >= 0.6 is 23.3 Å². The second-order valence-corrected chi connectivity index (χ2v) is 0. The van der Waals surface area contributed by atoms with E-state index in [2.05, 4.69) is 23.3 Å². The van der Waals surface area contributed by atoms with Crippen LogP contribution in [0.1, 0.15) is 0 Å². The second-order valence-electron chi connectivity index (χ2n) is 0. The minimum Gasteiger partial charge on any atom is -0.115 e. The maximum absolute atomic E-state index is 3.22. The van der Waals surface area contributed by atoms with Gasteiger partial charge < -0.3 is 0 Å². The molecule has 0 bridgehead atoms. The summed E-state index contributed by atoms with van der Waals surface area (Å²) in [5.41, 5.74) is 0. The van der Waals surface area contributed by atoms with Crippen molar-refractivity contribution in [1.82, 2.24) is 0 Å². The zero-order valence-corrected chi connectivity index (χ0v) is 5.52. The molecule has 0 saturated heterocycles. The van der Waals surface area contributed by atoms with Gasteiger partial charge in [0.15, 0.2) is 0 Å². The summed E-state index contributed by atoms with van der Waals surface area (Å²) < 4.78 is 0. The predicted octanol–water partition coefficient (Wildman–Crippen LogP) is 0.756. The normalized spacial score (nSPS) is 1.50. The molecule has 4 heavy (non-hydrogen) atoms. The number of rotatable bonds is 0. The molecule has 31 valence electrons. The summed E-state index contributed by atoms with van der Waals surface area (Å²) >= 11 is 6.44. The molecular formula is H2CoFeS2. The van der Waals surface area contributed by atoms with Crippen LogP contribution in [-0.4, -0.2) is 0 Å². The van der Waals surface area contributed by atoms with Crippen molar-refractivity contribution in [3.05, 3.63) is 0 Å². The Hall–Kier alpha value is 1.73. The first-order valence-corrected chi connectivity index (χ1v) is 1.80. The van der Waals surface area contributed by atoms with Crippen molar-refractivity contribution in [3.8, 4) is 0 Å². The van der Waals surface area contributed by atoms with Crippen LogP contribution in [-0.2, 0) is 33.8 Å². The van der Waals surface area contributed by atoms with Crippen molar-refractivity contribution in [2.45, 2.75) is 0 Å². The van der Waals surface area contributed by atoms with E-state index in [1.807, 2.05) is 0 Å². The molecule has 0 aromatic carbocycles. The van der Waals surface area contributed by atoms with Crippen LogP contribution in [0.4, 0.5) is 0 Å². The Balaban J connectivity index is -0.00000000500. The predicted molar refractivity (Wildman–Crippen MR) is 18.0 cm³/mol. The van der Waals surface area contributed by atoms with Crippen molar-refractivity contribution in [1.29, 1.82) is 0 Å². The maximum atomic E-state index is 3.22. The summed E-state index contributed by atoms with van der Waals surface area (Å²) in [7, 11) is 0. The van der Waals surface area contributed by atoms with Gasteiger partial charge in [-0.25, -0.2) is 0 Å². The van der Waals surface area contributed by atoms with Crippen molar-refractivity contribution in [3.63, 3.8) is 0 Å². The van der Waals surface area contributed by atoms with E-state index in [9.17, 15) is 0 Å². The molecule has 0 aliphatic heterocycles. The van der Waals surface area contributed by atoms with Gasteiger partial charge in [-0.2, -0.15) is 0 Å². The van der Waals surface area contributed by atoms with E-state index in [0.717, 1.165) is 0 Å². The largest absolute Gasteiger partial charge is 0.115 e. The third kappa shape index (κ3) is 9.29. The van der Waals surface area contributed by atoms with Crippen LogP contribution in [0, 0.1) is 0 Å². The fourth-order valence-electron chi connectivity index (χ4n) is 0. The average Bonchev–Trinajstić information content (AvgIpc) is 1.00. The first-order chi connectivity index (χ1) is 1.00. The van der Waals surface area contributed by atoms with Crippen LogP contribution < -0.4 is 0 Å². The minimum atomic E-state index is 0. The monoisotopic (exact) mass is 181 g/mol. The van der Waals surface area contributed by atoms with Crippen molar-refractivity contribution in [2.75, 3.05) is 0 Å². The standard InChI is InChI=1S/Co.Fe.H2S2/c;;1-2/h;;1-2H. The van der Waals surface area contributed by atoms with Gasteiger partial charge in [-0.05, 0) is 0 Å². The first kappa shape index (κ1) is 17.2. The fourth-order valence-corrected chi connectivity index (χ4v) is 0. The molecule has 0 amide bonds. The molecular weight excluding hydrogens is 179 g/mol. The van der Waals surface area contributed by atoms with Gasteiger partial charge in [0.1, 0.15) is 0 Å². The first-order valence-electron chi connectivity index (χ1n) is 0.200. The summed E-state index contributed by atoms with van der Waals surface area (Å²) in [5.74, 6) is 0. The van der Waals surface area contributed by atoms with E-state index in [1.54, 1.807) is 0 Å². The van der Waals surface area contributed by atoms with E-state index >= 15 is 0 Å². The molecule has 0 unspecified atom stereocenters. The third-order valence-corrected chi connectivity index (χ3v) is 0. The zero-order chi connectivity index (χ0) is 2.00. The van der Waals surface area contributed by atoms with Gasteiger partial charge in [-0.15, -0.1) is 23.3 Å². The molecule has 0 N–H and O–H groups in total. The van der Waals surface area contributed by atoms with Gasteiger partial charge >= 0.3 is 0 Å². The Morgan fingerprint density at radius 2 is 1.00 bits per heavy atom. The summed E-state index contributed by atoms with van der Waals surface area (Å²) in [6.45, 7) is 0. The third-order valence-electron chi connectivity index (χ3n) is 0. The van der Waals surface area contributed by atoms with E-state index in [-0.39, 0.29) is 33.8 Å². The van der Waals surface area contributed by atoms with Crippen molar-refractivity contribution >= 4 is 23.3 Å². The Morgan fingerprint density at radius 1 is 1.00 bits per heavy atom. The Labute approximate surface area is 57.0 Å². The smallest absolute Gasteiger partial charge is 0 e. The molecule has 0 aromatic rings. The average molecular weight is 181 g/mol. The molecule has 0 fully saturated rings. The molecule has 0 rings (SSSR count). The van der Waals surface area contributed by atoms with E-state index in [1.165, 1.54) is 0 Å². The minimum absolute atomic E-state index is 0. The molecule has 0 aromatic heterocycles. The molecule has 4 heteroatoms. The molecule has 0 heterocycles. The molecule has 0 aliphatic rings. The number of thiol groups is 2. The number of hydrogen-bond donors (Lipinski definition) is 2. The summed E-state index contributed by atoms with van der Waals surface area (Å²) in [6.07, 6.45) is 0. The van der Waals surface area contributed by atoms with Crippen LogP contribution in [0.3, 0.4) is 0 Å². The molecule has 0 spiro atoms. The van der Waals surface area contributed by atoms with Gasteiger partial charge in [0.2, 0.25) is 0 Å². The summed E-state index contributed by atoms with van der Waals surface area (Å²) in [4.78, 5) is 0. The van der Waals surface area contributed by atoms with Crippen LogP contribution in [0.5, 0.6) is 0 Å². The summed E-state index contributed by atoms with van der Waals surface area (Å²) in [5, 5.41) is 0. The molecule has 0 aliphatic carbocycles. The van der Waals surface area contributed by atoms with Gasteiger partial charge in [0.25, 0.3) is 0 Å². The molecule has 0 nitrogen and oxygen atoms in total. The van der Waals surface area contributed by atoms with Crippen molar-refractivity contribution < 1.29 is 33.8 Å². The fraction of sp³-hybridized carbons (Fsp3) is 0. The van der Waals surface area contributed by atoms with Gasteiger partial charge in [-0.3, -0.25) is 0 Å². The van der Waals surface area contributed by atoms with Gasteiger partial charge in [0.05, 0.1) is 0 Å². The van der Waals surface area contributed by atoms with Gasteiger partial charge in [-0.1, -0.05) is 0 Å². The Bertz CT molecular complexity index is 6.00. The zero-order valence-electron chi connectivity index (χ0n) is 1.58. The topological polar surface area (TPSA) is 0 Å². The van der Waals surface area contributed by atoms with Crippen LogP contribution in [0.2, 0.25) is 0 Å². The molecule has 0 saturated carbocycles. The van der Waals surface area contributed by atoms with Crippen LogP contribution in [0.25, 0.3) is 0 Å². The maximum Gasteiger partial charge on any atom is 0 e.